The van der Waals surface area contributed by atoms with E-state index in [1.54, 1.807) is 17.5 Å². The van der Waals surface area contributed by atoms with Crippen molar-refractivity contribution in [1.29, 1.82) is 0 Å². The van der Waals surface area contributed by atoms with E-state index in [1.165, 1.54) is 29.5 Å². The average molecular weight is 400 g/mol. The maximum Gasteiger partial charge on any atom is 0.573 e. The normalized spacial score (nSPS) is 13.3. The van der Waals surface area contributed by atoms with Crippen LogP contribution in [0.15, 0.2) is 35.7 Å². The lowest BCUT2D eigenvalue weighted by molar-refractivity contribution is -0.275. The minimum absolute atomic E-state index is 0.0917. The summed E-state index contributed by atoms with van der Waals surface area (Å²) in [6.45, 7) is 0. The summed E-state index contributed by atoms with van der Waals surface area (Å²) in [4.78, 5) is 0. The Labute approximate surface area is 125 Å². The van der Waals surface area contributed by atoms with Crippen molar-refractivity contribution in [3.05, 3.63) is 49.7 Å². The van der Waals surface area contributed by atoms with E-state index in [4.69, 9.17) is 0 Å². The average Bonchev–Trinajstić information content (AvgIpc) is 2.74. The van der Waals surface area contributed by atoms with Gasteiger partial charge in [0.1, 0.15) is 11.9 Å². The fraction of sp³-hybridized carbons (Fsp3) is 0.167. The molecule has 0 bridgehead atoms. The highest BCUT2D eigenvalue weighted by atomic mass is 127. The lowest BCUT2D eigenvalue weighted by Crippen LogP contribution is -2.18. The smallest absolute Gasteiger partial charge is 0.405 e. The van der Waals surface area contributed by atoms with Gasteiger partial charge in [0.15, 0.2) is 0 Å². The molecule has 0 saturated carbocycles. The second-order valence-corrected chi connectivity index (χ2v) is 6.48. The molecule has 1 unspecified atom stereocenters. The predicted molar refractivity (Wildman–Crippen MR) is 74.2 cm³/mol. The molecular weight excluding hydrogens is 392 g/mol. The van der Waals surface area contributed by atoms with Crippen molar-refractivity contribution in [3.63, 3.8) is 0 Å². The number of para-hydroxylation sites is 1. The lowest BCUT2D eigenvalue weighted by atomic mass is 10.0. The second-order valence-electron chi connectivity index (χ2n) is 3.67. The van der Waals surface area contributed by atoms with E-state index in [2.05, 4.69) is 27.3 Å². The first-order valence-electron chi connectivity index (χ1n) is 5.13. The van der Waals surface area contributed by atoms with Gasteiger partial charge < -0.3 is 9.84 Å². The molecule has 7 heteroatoms. The molecule has 2 nitrogen and oxygen atoms in total. The van der Waals surface area contributed by atoms with E-state index in [1.807, 2.05) is 0 Å². The number of alkyl halides is 3. The minimum atomic E-state index is -4.78. The zero-order valence-corrected chi connectivity index (χ0v) is 12.3. The number of rotatable bonds is 3. The molecule has 1 aromatic heterocycles. The van der Waals surface area contributed by atoms with Crippen LogP contribution in [0.5, 0.6) is 5.75 Å². The molecular formula is C12H8F3IO2S. The highest BCUT2D eigenvalue weighted by Crippen LogP contribution is 2.34. The maximum absolute atomic E-state index is 12.3. The van der Waals surface area contributed by atoms with E-state index in [-0.39, 0.29) is 11.3 Å². The monoisotopic (exact) mass is 400 g/mol. The Morgan fingerprint density at radius 3 is 2.53 bits per heavy atom. The summed E-state index contributed by atoms with van der Waals surface area (Å²) in [5, 5.41) is 11.8. The summed E-state index contributed by atoms with van der Waals surface area (Å²) in [5.74, 6) is -0.385. The number of hydrogen-bond acceptors (Lipinski definition) is 3. The Balaban J connectivity index is 2.34. The number of thiophene rings is 1. The molecule has 0 spiro atoms. The SMILES string of the molecule is OC(c1csc(I)c1)c1ccccc1OC(F)(F)F. The van der Waals surface area contributed by atoms with Crippen molar-refractivity contribution < 1.29 is 23.0 Å². The minimum Gasteiger partial charge on any atom is -0.405 e. The zero-order valence-electron chi connectivity index (χ0n) is 9.32. The number of aliphatic hydroxyl groups is 1. The highest BCUT2D eigenvalue weighted by molar-refractivity contribution is 14.1. The van der Waals surface area contributed by atoms with Crippen molar-refractivity contribution in [2.24, 2.45) is 0 Å². The third kappa shape index (κ3) is 3.83. The maximum atomic E-state index is 12.3. The van der Waals surface area contributed by atoms with Crippen LogP contribution in [-0.2, 0) is 0 Å². The zero-order chi connectivity index (χ0) is 14.0. The van der Waals surface area contributed by atoms with E-state index in [9.17, 15) is 18.3 Å². The summed E-state index contributed by atoms with van der Waals surface area (Å²) in [6, 6.07) is 7.30. The van der Waals surface area contributed by atoms with Crippen LogP contribution in [0.25, 0.3) is 0 Å². The number of hydrogen-bond donors (Lipinski definition) is 1. The standard InChI is InChI=1S/C12H8F3IO2S/c13-12(14,15)18-9-4-2-1-3-8(9)11(17)7-5-10(16)19-6-7/h1-6,11,17H. The molecule has 102 valence electrons. The van der Waals surface area contributed by atoms with Crippen molar-refractivity contribution in [3.8, 4) is 5.75 Å². The van der Waals surface area contributed by atoms with Gasteiger partial charge in [-0.15, -0.1) is 24.5 Å². The van der Waals surface area contributed by atoms with E-state index < -0.39 is 12.5 Å². The Morgan fingerprint density at radius 1 is 1.26 bits per heavy atom. The van der Waals surface area contributed by atoms with Crippen molar-refractivity contribution in [2.75, 3.05) is 0 Å². The molecule has 0 amide bonds. The highest BCUT2D eigenvalue weighted by Gasteiger charge is 2.33. The molecule has 1 N–H and O–H groups in total. The fourth-order valence-corrected chi connectivity index (χ4v) is 2.96. The van der Waals surface area contributed by atoms with Gasteiger partial charge >= 0.3 is 6.36 Å². The summed E-state index contributed by atoms with van der Waals surface area (Å²) >= 11 is 3.49. The van der Waals surface area contributed by atoms with Crippen molar-refractivity contribution in [2.45, 2.75) is 12.5 Å². The van der Waals surface area contributed by atoms with Crippen LogP contribution in [0.2, 0.25) is 0 Å². The van der Waals surface area contributed by atoms with Crippen molar-refractivity contribution >= 4 is 33.9 Å². The molecule has 2 rings (SSSR count). The fourth-order valence-electron chi connectivity index (χ4n) is 1.57. The largest absolute Gasteiger partial charge is 0.573 e. The molecule has 0 aliphatic carbocycles. The van der Waals surface area contributed by atoms with Crippen LogP contribution in [0, 0.1) is 2.88 Å². The van der Waals surface area contributed by atoms with Gasteiger partial charge in [-0.25, -0.2) is 0 Å². The van der Waals surface area contributed by atoms with Crippen molar-refractivity contribution in [1.82, 2.24) is 0 Å². The van der Waals surface area contributed by atoms with E-state index >= 15 is 0 Å². The third-order valence-corrected chi connectivity index (χ3v) is 4.15. The molecule has 0 radical (unpaired) electrons. The first-order chi connectivity index (χ1) is 8.87. The summed E-state index contributed by atoms with van der Waals surface area (Å²) < 4.78 is 41.7. The molecule has 1 atom stereocenters. The topological polar surface area (TPSA) is 29.5 Å². The van der Waals surface area contributed by atoms with E-state index in [0.717, 1.165) is 2.88 Å². The first kappa shape index (κ1) is 14.6. The Morgan fingerprint density at radius 2 is 1.95 bits per heavy atom. The van der Waals surface area contributed by atoms with Gasteiger partial charge in [-0.05, 0) is 45.7 Å². The van der Waals surface area contributed by atoms with Crippen LogP contribution in [0.1, 0.15) is 17.2 Å². The molecule has 0 aliphatic heterocycles. The van der Waals surface area contributed by atoms with Gasteiger partial charge in [-0.3, -0.25) is 0 Å². The van der Waals surface area contributed by atoms with Gasteiger partial charge in [-0.1, -0.05) is 18.2 Å². The molecule has 0 fully saturated rings. The number of ether oxygens (including phenoxy) is 1. The number of benzene rings is 1. The first-order valence-corrected chi connectivity index (χ1v) is 7.09. The van der Waals surface area contributed by atoms with Crippen LogP contribution in [0.4, 0.5) is 13.2 Å². The Bertz CT molecular complexity index is 568. The third-order valence-electron chi connectivity index (χ3n) is 2.34. The van der Waals surface area contributed by atoms with E-state index in [0.29, 0.717) is 5.56 Å². The molecule has 1 heterocycles. The van der Waals surface area contributed by atoms with Gasteiger partial charge in [0, 0.05) is 5.56 Å². The van der Waals surface area contributed by atoms with Gasteiger partial charge in [0.2, 0.25) is 0 Å². The molecule has 0 aliphatic rings. The summed E-state index contributed by atoms with van der Waals surface area (Å²) in [7, 11) is 0. The molecule has 2 aromatic rings. The van der Waals surface area contributed by atoms with Gasteiger partial charge in [0.05, 0.1) is 2.88 Å². The van der Waals surface area contributed by atoms with Gasteiger partial charge in [-0.2, -0.15) is 0 Å². The second kappa shape index (κ2) is 5.68. The molecule has 1 aromatic carbocycles. The Kier molecular flexibility index (Phi) is 4.36. The Hall–Kier alpha value is -0.800. The van der Waals surface area contributed by atoms with Gasteiger partial charge in [0.25, 0.3) is 0 Å². The summed E-state index contributed by atoms with van der Waals surface area (Å²) in [5.41, 5.74) is 0.640. The molecule has 19 heavy (non-hydrogen) atoms. The lowest BCUT2D eigenvalue weighted by Gasteiger charge is -2.16. The van der Waals surface area contributed by atoms with Crippen LogP contribution in [0.3, 0.4) is 0 Å². The summed E-state index contributed by atoms with van der Waals surface area (Å²) in [6.07, 6.45) is -5.92. The predicted octanol–water partition coefficient (Wildman–Crippen LogP) is 4.33. The molecule has 0 saturated heterocycles. The van der Waals surface area contributed by atoms with Crippen LogP contribution >= 0.6 is 33.9 Å². The van der Waals surface area contributed by atoms with Crippen LogP contribution < -0.4 is 4.74 Å². The van der Waals surface area contributed by atoms with Crippen LogP contribution in [-0.4, -0.2) is 11.5 Å². The quantitative estimate of drug-likeness (QED) is 0.778. The number of halogens is 4. The number of aliphatic hydroxyl groups excluding tert-OH is 1.